The summed E-state index contributed by atoms with van der Waals surface area (Å²) in [4.78, 5) is 19.2. The summed E-state index contributed by atoms with van der Waals surface area (Å²) < 4.78 is 1.53. The number of aromatic nitrogens is 4. The van der Waals surface area contributed by atoms with Crippen molar-refractivity contribution >= 4 is 28.4 Å². The highest BCUT2D eigenvalue weighted by Crippen LogP contribution is 2.18. The van der Waals surface area contributed by atoms with Crippen LogP contribution in [0.25, 0.3) is 16.6 Å². The average Bonchev–Trinajstić information content (AvgIpc) is 2.68. The van der Waals surface area contributed by atoms with Crippen molar-refractivity contribution in [2.45, 2.75) is 6.92 Å². The first-order valence-electron chi connectivity index (χ1n) is 5.12. The summed E-state index contributed by atoms with van der Waals surface area (Å²) in [6.07, 6.45) is 1.41. The van der Waals surface area contributed by atoms with Crippen molar-refractivity contribution in [2.24, 2.45) is 0 Å². The number of anilines is 1. The van der Waals surface area contributed by atoms with E-state index in [-0.39, 0.29) is 5.91 Å². The third kappa shape index (κ3) is 1.50. The fourth-order valence-electron chi connectivity index (χ4n) is 1.73. The zero-order chi connectivity index (χ0) is 11.8. The standard InChI is InChI=1S/C11H9N5O/c1-7(17)14-11-13-6-12-10-8-4-2-3-5-9(8)15-16(10)11/h2-6H,1H3,(H,12,13,14,17). The number of nitrogens with zero attached hydrogens (tertiary/aromatic N) is 4. The highest BCUT2D eigenvalue weighted by atomic mass is 16.1. The minimum absolute atomic E-state index is 0.190. The van der Waals surface area contributed by atoms with Gasteiger partial charge >= 0.3 is 0 Å². The minimum Gasteiger partial charge on any atom is -0.295 e. The molecule has 6 heteroatoms. The third-order valence-corrected chi connectivity index (χ3v) is 2.40. The molecule has 2 aromatic heterocycles. The molecule has 1 N–H and O–H groups in total. The van der Waals surface area contributed by atoms with E-state index in [9.17, 15) is 4.79 Å². The molecule has 0 aliphatic heterocycles. The summed E-state index contributed by atoms with van der Waals surface area (Å²) in [6, 6.07) is 7.65. The summed E-state index contributed by atoms with van der Waals surface area (Å²) in [7, 11) is 0. The molecule has 84 valence electrons. The Labute approximate surface area is 96.3 Å². The zero-order valence-corrected chi connectivity index (χ0v) is 9.08. The number of carbonyl (C=O) groups excluding carboxylic acids is 1. The topological polar surface area (TPSA) is 72.2 Å². The molecule has 1 amide bonds. The van der Waals surface area contributed by atoms with Crippen molar-refractivity contribution in [2.75, 3.05) is 5.32 Å². The van der Waals surface area contributed by atoms with Crippen LogP contribution in [-0.4, -0.2) is 25.5 Å². The van der Waals surface area contributed by atoms with E-state index >= 15 is 0 Å². The molecule has 0 radical (unpaired) electrons. The summed E-state index contributed by atoms with van der Waals surface area (Å²) in [5.74, 6) is 0.184. The normalized spacial score (nSPS) is 10.9. The number of amides is 1. The molecule has 0 atom stereocenters. The van der Waals surface area contributed by atoms with E-state index in [1.54, 1.807) is 0 Å². The Morgan fingerprint density at radius 3 is 2.94 bits per heavy atom. The van der Waals surface area contributed by atoms with Crippen LogP contribution in [-0.2, 0) is 4.79 Å². The molecular weight excluding hydrogens is 218 g/mol. The van der Waals surface area contributed by atoms with Crippen LogP contribution >= 0.6 is 0 Å². The van der Waals surface area contributed by atoms with Gasteiger partial charge in [0.1, 0.15) is 6.33 Å². The minimum atomic E-state index is -0.190. The van der Waals surface area contributed by atoms with Crippen LogP contribution in [0.15, 0.2) is 30.6 Å². The van der Waals surface area contributed by atoms with Gasteiger partial charge in [-0.15, -0.1) is 0 Å². The Hall–Kier alpha value is -2.50. The van der Waals surface area contributed by atoms with Gasteiger partial charge in [-0.05, 0) is 12.1 Å². The van der Waals surface area contributed by atoms with Crippen LogP contribution in [0.5, 0.6) is 0 Å². The predicted octanol–water partition coefficient (Wildman–Crippen LogP) is 1.24. The van der Waals surface area contributed by atoms with Crippen molar-refractivity contribution in [3.8, 4) is 0 Å². The van der Waals surface area contributed by atoms with E-state index in [4.69, 9.17) is 0 Å². The molecule has 3 rings (SSSR count). The SMILES string of the molecule is CC(=O)Nc1ncnc2c3ccccc3nn12. The third-order valence-electron chi connectivity index (χ3n) is 2.40. The van der Waals surface area contributed by atoms with Gasteiger partial charge in [-0.25, -0.2) is 9.97 Å². The van der Waals surface area contributed by atoms with Gasteiger partial charge in [-0.1, -0.05) is 12.1 Å². The van der Waals surface area contributed by atoms with E-state index in [0.29, 0.717) is 11.6 Å². The number of carbonyl (C=O) groups is 1. The second-order valence-electron chi connectivity index (χ2n) is 3.63. The van der Waals surface area contributed by atoms with Crippen molar-refractivity contribution < 1.29 is 4.79 Å². The van der Waals surface area contributed by atoms with E-state index in [2.05, 4.69) is 20.4 Å². The van der Waals surface area contributed by atoms with Crippen LogP contribution < -0.4 is 5.32 Å². The number of hydrogen-bond acceptors (Lipinski definition) is 4. The average molecular weight is 227 g/mol. The Morgan fingerprint density at radius 2 is 2.12 bits per heavy atom. The first-order valence-corrected chi connectivity index (χ1v) is 5.12. The summed E-state index contributed by atoms with van der Waals surface area (Å²) in [5, 5.41) is 7.90. The van der Waals surface area contributed by atoms with Gasteiger partial charge in [-0.2, -0.15) is 9.61 Å². The smallest absolute Gasteiger partial charge is 0.234 e. The van der Waals surface area contributed by atoms with E-state index in [0.717, 1.165) is 10.9 Å². The number of fused-ring (bicyclic) bond motifs is 3. The second-order valence-corrected chi connectivity index (χ2v) is 3.63. The van der Waals surface area contributed by atoms with Crippen molar-refractivity contribution in [1.82, 2.24) is 19.6 Å². The lowest BCUT2D eigenvalue weighted by Crippen LogP contribution is -2.12. The van der Waals surface area contributed by atoms with Crippen LogP contribution in [0, 0.1) is 0 Å². The molecule has 17 heavy (non-hydrogen) atoms. The molecule has 0 aliphatic carbocycles. The van der Waals surface area contributed by atoms with Gasteiger partial charge in [0.25, 0.3) is 0 Å². The molecule has 0 saturated carbocycles. The second kappa shape index (κ2) is 3.51. The van der Waals surface area contributed by atoms with Crippen molar-refractivity contribution in [3.05, 3.63) is 30.6 Å². The molecule has 6 nitrogen and oxygen atoms in total. The van der Waals surface area contributed by atoms with Gasteiger partial charge in [0.2, 0.25) is 11.9 Å². The van der Waals surface area contributed by atoms with E-state index in [1.807, 2.05) is 24.3 Å². The number of nitrogens with one attached hydrogen (secondary N) is 1. The Kier molecular flexibility index (Phi) is 2.01. The maximum atomic E-state index is 11.1. The fraction of sp³-hybridized carbons (Fsp3) is 0.0909. The maximum absolute atomic E-state index is 11.1. The molecular formula is C11H9N5O. The molecule has 0 saturated heterocycles. The maximum Gasteiger partial charge on any atom is 0.234 e. The summed E-state index contributed by atoms with van der Waals surface area (Å²) >= 11 is 0. The van der Waals surface area contributed by atoms with Gasteiger partial charge in [0.05, 0.1) is 5.52 Å². The molecule has 2 heterocycles. The van der Waals surface area contributed by atoms with Crippen LogP contribution in [0.2, 0.25) is 0 Å². The lowest BCUT2D eigenvalue weighted by atomic mass is 10.2. The molecule has 0 bridgehead atoms. The van der Waals surface area contributed by atoms with Crippen LogP contribution in [0.1, 0.15) is 6.92 Å². The van der Waals surface area contributed by atoms with E-state index < -0.39 is 0 Å². The lowest BCUT2D eigenvalue weighted by molar-refractivity contribution is -0.114. The van der Waals surface area contributed by atoms with Gasteiger partial charge < -0.3 is 0 Å². The van der Waals surface area contributed by atoms with E-state index in [1.165, 1.54) is 17.8 Å². The molecule has 0 aliphatic rings. The molecule has 0 spiro atoms. The summed E-state index contributed by atoms with van der Waals surface area (Å²) in [6.45, 7) is 1.43. The van der Waals surface area contributed by atoms with Crippen LogP contribution in [0.3, 0.4) is 0 Å². The number of hydrogen-bond donors (Lipinski definition) is 1. The summed E-state index contributed by atoms with van der Waals surface area (Å²) in [5.41, 5.74) is 1.50. The Morgan fingerprint density at radius 1 is 1.29 bits per heavy atom. The first kappa shape index (κ1) is 9.71. The monoisotopic (exact) mass is 227 g/mol. The zero-order valence-electron chi connectivity index (χ0n) is 9.08. The van der Waals surface area contributed by atoms with Gasteiger partial charge in [0.15, 0.2) is 5.65 Å². The molecule has 0 unspecified atom stereocenters. The predicted molar refractivity (Wildman–Crippen MR) is 62.6 cm³/mol. The lowest BCUT2D eigenvalue weighted by Gasteiger charge is -2.01. The molecule has 3 aromatic rings. The highest BCUT2D eigenvalue weighted by molar-refractivity contribution is 5.93. The van der Waals surface area contributed by atoms with Crippen LogP contribution in [0.4, 0.5) is 5.95 Å². The highest BCUT2D eigenvalue weighted by Gasteiger charge is 2.10. The van der Waals surface area contributed by atoms with Crippen molar-refractivity contribution in [3.63, 3.8) is 0 Å². The van der Waals surface area contributed by atoms with Gasteiger partial charge in [-0.3, -0.25) is 10.1 Å². The quantitative estimate of drug-likeness (QED) is 0.678. The largest absolute Gasteiger partial charge is 0.295 e. The number of rotatable bonds is 1. The Balaban J connectivity index is 2.35. The first-order chi connectivity index (χ1) is 8.25. The fourth-order valence-corrected chi connectivity index (χ4v) is 1.73. The molecule has 0 fully saturated rings. The van der Waals surface area contributed by atoms with Gasteiger partial charge in [0, 0.05) is 12.3 Å². The number of benzene rings is 1. The molecule has 1 aromatic carbocycles. The Bertz CT molecular complexity index is 718. The van der Waals surface area contributed by atoms with Crippen molar-refractivity contribution in [1.29, 1.82) is 0 Å².